The van der Waals surface area contributed by atoms with E-state index in [1.165, 1.54) is 12.4 Å². The highest BCUT2D eigenvalue weighted by molar-refractivity contribution is 5.42. The fraction of sp³-hybridized carbons (Fsp3) is 0.556. The van der Waals surface area contributed by atoms with Gasteiger partial charge in [-0.2, -0.15) is 4.39 Å². The van der Waals surface area contributed by atoms with Crippen LogP contribution in [-0.4, -0.2) is 35.8 Å². The van der Waals surface area contributed by atoms with Crippen molar-refractivity contribution in [1.82, 2.24) is 9.97 Å². The SMILES string of the molecule is COC1(C)CN(c2nccnc2F)C1. The lowest BCUT2D eigenvalue weighted by atomic mass is 9.97. The van der Waals surface area contributed by atoms with Gasteiger partial charge in [0, 0.05) is 19.5 Å². The molecule has 0 aliphatic carbocycles. The van der Waals surface area contributed by atoms with Crippen LogP contribution in [0.5, 0.6) is 0 Å². The molecule has 76 valence electrons. The molecule has 0 amide bonds. The summed E-state index contributed by atoms with van der Waals surface area (Å²) in [7, 11) is 1.66. The van der Waals surface area contributed by atoms with E-state index in [1.807, 2.05) is 11.8 Å². The Labute approximate surface area is 81.7 Å². The van der Waals surface area contributed by atoms with Crippen LogP contribution in [-0.2, 0) is 4.74 Å². The molecule has 0 aromatic carbocycles. The molecule has 1 aliphatic heterocycles. The summed E-state index contributed by atoms with van der Waals surface area (Å²) in [6.45, 7) is 3.29. The summed E-state index contributed by atoms with van der Waals surface area (Å²) >= 11 is 0. The van der Waals surface area contributed by atoms with Crippen molar-refractivity contribution < 1.29 is 9.13 Å². The average Bonchev–Trinajstić information content (AvgIpc) is 2.14. The number of hydrogen-bond acceptors (Lipinski definition) is 4. The Balaban J connectivity index is 2.10. The summed E-state index contributed by atoms with van der Waals surface area (Å²) in [5.41, 5.74) is -0.177. The van der Waals surface area contributed by atoms with E-state index in [4.69, 9.17) is 4.74 Å². The number of ether oxygens (including phenoxy) is 1. The molecule has 0 atom stereocenters. The van der Waals surface area contributed by atoms with E-state index in [9.17, 15) is 4.39 Å². The third-order valence-corrected chi connectivity index (χ3v) is 2.48. The van der Waals surface area contributed by atoms with Gasteiger partial charge in [-0.25, -0.2) is 9.97 Å². The van der Waals surface area contributed by atoms with Gasteiger partial charge in [0.25, 0.3) is 5.95 Å². The number of methoxy groups -OCH3 is 1. The first-order chi connectivity index (χ1) is 6.64. The first kappa shape index (κ1) is 9.33. The summed E-state index contributed by atoms with van der Waals surface area (Å²) in [5.74, 6) is -0.215. The zero-order valence-corrected chi connectivity index (χ0v) is 8.20. The van der Waals surface area contributed by atoms with Gasteiger partial charge in [0.15, 0.2) is 5.82 Å². The maximum absolute atomic E-state index is 13.2. The minimum absolute atomic E-state index is 0.177. The average molecular weight is 197 g/mol. The number of nitrogens with zero attached hydrogens (tertiary/aromatic N) is 3. The quantitative estimate of drug-likeness (QED) is 0.704. The van der Waals surface area contributed by atoms with Crippen LogP contribution >= 0.6 is 0 Å². The summed E-state index contributed by atoms with van der Waals surface area (Å²) in [6, 6.07) is 0. The van der Waals surface area contributed by atoms with E-state index in [1.54, 1.807) is 7.11 Å². The molecule has 0 bridgehead atoms. The van der Waals surface area contributed by atoms with Crippen molar-refractivity contribution >= 4 is 5.82 Å². The third kappa shape index (κ3) is 1.43. The van der Waals surface area contributed by atoms with Crippen LogP contribution in [0.25, 0.3) is 0 Å². The van der Waals surface area contributed by atoms with E-state index < -0.39 is 5.95 Å². The van der Waals surface area contributed by atoms with Gasteiger partial charge in [-0.1, -0.05) is 0 Å². The molecule has 0 radical (unpaired) electrons. The van der Waals surface area contributed by atoms with Crippen LogP contribution in [0.1, 0.15) is 6.92 Å². The Bertz CT molecular complexity index is 339. The van der Waals surface area contributed by atoms with Gasteiger partial charge in [-0.15, -0.1) is 0 Å². The van der Waals surface area contributed by atoms with Gasteiger partial charge >= 0.3 is 0 Å². The second-order valence-corrected chi connectivity index (χ2v) is 3.68. The molecule has 2 heterocycles. The van der Waals surface area contributed by atoms with Gasteiger partial charge < -0.3 is 9.64 Å². The molecule has 1 aliphatic rings. The summed E-state index contributed by atoms with van der Waals surface area (Å²) in [5, 5.41) is 0. The molecule has 4 nitrogen and oxygen atoms in total. The fourth-order valence-corrected chi connectivity index (χ4v) is 1.57. The number of aromatic nitrogens is 2. The molecule has 0 unspecified atom stereocenters. The van der Waals surface area contributed by atoms with Crippen LogP contribution in [0.15, 0.2) is 12.4 Å². The molecular weight excluding hydrogens is 185 g/mol. The first-order valence-electron chi connectivity index (χ1n) is 4.41. The zero-order valence-electron chi connectivity index (χ0n) is 8.20. The lowest BCUT2D eigenvalue weighted by molar-refractivity contribution is -0.0175. The molecule has 14 heavy (non-hydrogen) atoms. The first-order valence-corrected chi connectivity index (χ1v) is 4.41. The van der Waals surface area contributed by atoms with Crippen LogP contribution in [0.3, 0.4) is 0 Å². The van der Waals surface area contributed by atoms with Crippen molar-refractivity contribution in [2.75, 3.05) is 25.1 Å². The zero-order chi connectivity index (χ0) is 10.2. The number of rotatable bonds is 2. The molecule has 1 saturated heterocycles. The highest BCUT2D eigenvalue weighted by atomic mass is 19.1. The van der Waals surface area contributed by atoms with Gasteiger partial charge in [0.05, 0.1) is 18.7 Å². The standard InChI is InChI=1S/C9H12FN3O/c1-9(14-2)5-13(6-9)8-7(10)11-3-4-12-8/h3-4H,5-6H2,1-2H3. The molecular formula is C9H12FN3O. The molecule has 0 N–H and O–H groups in total. The predicted octanol–water partition coefficient (Wildman–Crippen LogP) is 0.841. The Morgan fingerprint density at radius 1 is 1.43 bits per heavy atom. The molecule has 0 spiro atoms. The van der Waals surface area contributed by atoms with Gasteiger partial charge in [0.1, 0.15) is 0 Å². The monoisotopic (exact) mass is 197 g/mol. The van der Waals surface area contributed by atoms with Crippen molar-refractivity contribution in [3.05, 3.63) is 18.3 Å². The van der Waals surface area contributed by atoms with E-state index in [0.717, 1.165) is 0 Å². The van der Waals surface area contributed by atoms with E-state index in [-0.39, 0.29) is 5.60 Å². The Hall–Kier alpha value is -1.23. The minimum atomic E-state index is -0.523. The lowest BCUT2D eigenvalue weighted by Gasteiger charge is -2.47. The topological polar surface area (TPSA) is 38.2 Å². The summed E-state index contributed by atoms with van der Waals surface area (Å²) < 4.78 is 18.4. The van der Waals surface area contributed by atoms with Crippen molar-refractivity contribution in [3.63, 3.8) is 0 Å². The Morgan fingerprint density at radius 2 is 2.07 bits per heavy atom. The highest BCUT2D eigenvalue weighted by Crippen LogP contribution is 2.28. The Kier molecular flexibility index (Phi) is 2.11. The molecule has 1 aromatic heterocycles. The largest absolute Gasteiger partial charge is 0.375 e. The van der Waals surface area contributed by atoms with Crippen LogP contribution in [0, 0.1) is 5.95 Å². The number of halogens is 1. The highest BCUT2D eigenvalue weighted by Gasteiger charge is 2.40. The van der Waals surface area contributed by atoms with Crippen molar-refractivity contribution in [1.29, 1.82) is 0 Å². The molecule has 1 aromatic rings. The maximum Gasteiger partial charge on any atom is 0.255 e. The van der Waals surface area contributed by atoms with Crippen LogP contribution < -0.4 is 4.90 Å². The third-order valence-electron chi connectivity index (χ3n) is 2.48. The normalized spacial score (nSPS) is 19.2. The molecule has 5 heteroatoms. The lowest BCUT2D eigenvalue weighted by Crippen LogP contribution is -2.61. The van der Waals surface area contributed by atoms with Gasteiger partial charge in [0.2, 0.25) is 0 Å². The van der Waals surface area contributed by atoms with E-state index >= 15 is 0 Å². The van der Waals surface area contributed by atoms with E-state index in [0.29, 0.717) is 18.9 Å². The van der Waals surface area contributed by atoms with Crippen molar-refractivity contribution in [3.8, 4) is 0 Å². The predicted molar refractivity (Wildman–Crippen MR) is 49.6 cm³/mol. The minimum Gasteiger partial charge on any atom is -0.375 e. The smallest absolute Gasteiger partial charge is 0.255 e. The Morgan fingerprint density at radius 3 is 2.64 bits per heavy atom. The summed E-state index contributed by atoms with van der Waals surface area (Å²) in [6.07, 6.45) is 2.83. The fourth-order valence-electron chi connectivity index (χ4n) is 1.57. The molecule has 2 rings (SSSR count). The molecule has 0 saturated carbocycles. The summed E-state index contributed by atoms with van der Waals surface area (Å²) in [4.78, 5) is 9.29. The van der Waals surface area contributed by atoms with Gasteiger partial charge in [-0.3, -0.25) is 0 Å². The van der Waals surface area contributed by atoms with Crippen molar-refractivity contribution in [2.45, 2.75) is 12.5 Å². The van der Waals surface area contributed by atoms with Crippen LogP contribution in [0.2, 0.25) is 0 Å². The number of anilines is 1. The second kappa shape index (κ2) is 3.16. The van der Waals surface area contributed by atoms with E-state index in [2.05, 4.69) is 9.97 Å². The van der Waals surface area contributed by atoms with Crippen LogP contribution in [0.4, 0.5) is 10.2 Å². The van der Waals surface area contributed by atoms with Gasteiger partial charge in [-0.05, 0) is 6.92 Å². The maximum atomic E-state index is 13.2. The number of hydrogen-bond donors (Lipinski definition) is 0. The molecule has 1 fully saturated rings. The van der Waals surface area contributed by atoms with Crippen molar-refractivity contribution in [2.24, 2.45) is 0 Å². The second-order valence-electron chi connectivity index (χ2n) is 3.68.